The summed E-state index contributed by atoms with van der Waals surface area (Å²) in [6.45, 7) is 2.50. The zero-order valence-electron chi connectivity index (χ0n) is 10.5. The largest absolute Gasteiger partial charge is 0.390 e. The maximum atomic E-state index is 13.3. The maximum absolute atomic E-state index is 13.3. The summed E-state index contributed by atoms with van der Waals surface area (Å²) in [4.78, 5) is 2.12. The molecule has 106 valence electrons. The van der Waals surface area contributed by atoms with Crippen molar-refractivity contribution in [3.63, 3.8) is 0 Å². The van der Waals surface area contributed by atoms with Crippen LogP contribution >= 0.6 is 0 Å². The highest BCUT2D eigenvalue weighted by Crippen LogP contribution is 2.18. The van der Waals surface area contributed by atoms with Crippen LogP contribution < -0.4 is 5.32 Å². The first kappa shape index (κ1) is 14.1. The molecule has 1 aliphatic rings. The molecule has 2 N–H and O–H groups in total. The zero-order chi connectivity index (χ0) is 13.8. The van der Waals surface area contributed by atoms with Crippen molar-refractivity contribution >= 4 is 5.69 Å². The SMILES string of the molecule is OC(CNc1cc(F)c(F)cc1F)CN1CCCC1. The Morgan fingerprint density at radius 3 is 2.42 bits per heavy atom. The molecule has 1 atom stereocenters. The lowest BCUT2D eigenvalue weighted by atomic mass is 10.2. The first-order valence-corrected chi connectivity index (χ1v) is 6.35. The molecule has 1 heterocycles. The van der Waals surface area contributed by atoms with Crippen LogP contribution in [-0.2, 0) is 0 Å². The van der Waals surface area contributed by atoms with E-state index in [9.17, 15) is 18.3 Å². The molecule has 1 fully saturated rings. The number of benzene rings is 1. The average Bonchev–Trinajstić information content (AvgIpc) is 2.85. The summed E-state index contributed by atoms with van der Waals surface area (Å²) >= 11 is 0. The Bertz CT molecular complexity index is 436. The molecule has 2 rings (SSSR count). The number of hydrogen-bond donors (Lipinski definition) is 2. The first-order valence-electron chi connectivity index (χ1n) is 6.35. The summed E-state index contributed by atoms with van der Waals surface area (Å²) in [5.74, 6) is -3.20. The number of rotatable bonds is 5. The molecule has 1 aromatic rings. The molecule has 0 saturated carbocycles. The Balaban J connectivity index is 1.85. The van der Waals surface area contributed by atoms with Crippen LogP contribution in [0.5, 0.6) is 0 Å². The summed E-state index contributed by atoms with van der Waals surface area (Å²) in [5.41, 5.74) is -0.139. The molecule has 6 heteroatoms. The standard InChI is InChI=1S/C13H17F3N2O/c14-10-5-12(16)13(6-11(10)15)17-7-9(19)8-18-3-1-2-4-18/h5-6,9,17,19H,1-4,7-8H2. The summed E-state index contributed by atoms with van der Waals surface area (Å²) in [6, 6.07) is 1.25. The summed E-state index contributed by atoms with van der Waals surface area (Å²) in [5, 5.41) is 12.4. The minimum absolute atomic E-state index is 0.0957. The van der Waals surface area contributed by atoms with Gasteiger partial charge in [-0.05, 0) is 25.9 Å². The highest BCUT2D eigenvalue weighted by atomic mass is 19.2. The van der Waals surface area contributed by atoms with Gasteiger partial charge in [-0.25, -0.2) is 13.2 Å². The molecule has 1 aromatic carbocycles. The van der Waals surface area contributed by atoms with Crippen molar-refractivity contribution in [2.75, 3.05) is 31.5 Å². The van der Waals surface area contributed by atoms with Gasteiger partial charge in [-0.15, -0.1) is 0 Å². The van der Waals surface area contributed by atoms with Crippen LogP contribution in [0.25, 0.3) is 0 Å². The molecule has 1 unspecified atom stereocenters. The van der Waals surface area contributed by atoms with E-state index in [4.69, 9.17) is 0 Å². The van der Waals surface area contributed by atoms with Crippen LogP contribution in [0.15, 0.2) is 12.1 Å². The van der Waals surface area contributed by atoms with Gasteiger partial charge in [-0.2, -0.15) is 0 Å². The van der Waals surface area contributed by atoms with Gasteiger partial charge >= 0.3 is 0 Å². The van der Waals surface area contributed by atoms with Gasteiger partial charge in [0.2, 0.25) is 0 Å². The number of hydrogen-bond acceptors (Lipinski definition) is 3. The number of aliphatic hydroxyl groups excluding tert-OH is 1. The number of halogens is 3. The van der Waals surface area contributed by atoms with Gasteiger partial charge in [0.15, 0.2) is 11.6 Å². The number of likely N-dealkylation sites (tertiary alicyclic amines) is 1. The van der Waals surface area contributed by atoms with E-state index in [0.29, 0.717) is 12.6 Å². The average molecular weight is 274 g/mol. The smallest absolute Gasteiger partial charge is 0.161 e. The van der Waals surface area contributed by atoms with E-state index in [-0.39, 0.29) is 12.2 Å². The predicted octanol–water partition coefficient (Wildman–Crippen LogP) is 1.97. The quantitative estimate of drug-likeness (QED) is 0.806. The van der Waals surface area contributed by atoms with Gasteiger partial charge in [-0.3, -0.25) is 0 Å². The molecule has 0 aliphatic carbocycles. The molecule has 0 amide bonds. The van der Waals surface area contributed by atoms with E-state index in [2.05, 4.69) is 10.2 Å². The normalized spacial score (nSPS) is 17.7. The second-order valence-corrected chi connectivity index (χ2v) is 4.79. The van der Waals surface area contributed by atoms with Gasteiger partial charge in [0.05, 0.1) is 11.8 Å². The number of nitrogens with one attached hydrogen (secondary N) is 1. The van der Waals surface area contributed by atoms with Gasteiger partial charge in [0.25, 0.3) is 0 Å². The molecule has 0 radical (unpaired) electrons. The van der Waals surface area contributed by atoms with Gasteiger partial charge in [0, 0.05) is 25.2 Å². The zero-order valence-corrected chi connectivity index (χ0v) is 10.5. The molecule has 1 aliphatic heterocycles. The number of anilines is 1. The van der Waals surface area contributed by atoms with Crippen molar-refractivity contribution in [3.8, 4) is 0 Å². The predicted molar refractivity (Wildman–Crippen MR) is 66.5 cm³/mol. The fourth-order valence-corrected chi connectivity index (χ4v) is 2.21. The van der Waals surface area contributed by atoms with Crippen LogP contribution in [0.3, 0.4) is 0 Å². The number of β-amino-alcohol motifs (C(OH)–C–C–N with tert-alkyl or cyclic N) is 1. The van der Waals surface area contributed by atoms with Crippen molar-refractivity contribution in [1.82, 2.24) is 4.90 Å². The fraction of sp³-hybridized carbons (Fsp3) is 0.538. The van der Waals surface area contributed by atoms with Crippen LogP contribution in [0.4, 0.5) is 18.9 Å². The third-order valence-electron chi connectivity index (χ3n) is 3.21. The second-order valence-electron chi connectivity index (χ2n) is 4.79. The van der Waals surface area contributed by atoms with Crippen LogP contribution in [0, 0.1) is 17.5 Å². The lowest BCUT2D eigenvalue weighted by molar-refractivity contribution is 0.135. The Labute approximate surface area is 110 Å². The van der Waals surface area contributed by atoms with Crippen molar-refractivity contribution in [3.05, 3.63) is 29.6 Å². The Kier molecular flexibility index (Phi) is 4.66. The number of aliphatic hydroxyl groups is 1. The lowest BCUT2D eigenvalue weighted by Gasteiger charge is -2.20. The monoisotopic (exact) mass is 274 g/mol. The third-order valence-corrected chi connectivity index (χ3v) is 3.21. The molecule has 0 aromatic heterocycles. The number of nitrogens with zero attached hydrogens (tertiary/aromatic N) is 1. The molecule has 3 nitrogen and oxygen atoms in total. The second kappa shape index (κ2) is 6.25. The van der Waals surface area contributed by atoms with Crippen LogP contribution in [0.2, 0.25) is 0 Å². The minimum atomic E-state index is -1.22. The van der Waals surface area contributed by atoms with Crippen LogP contribution in [0.1, 0.15) is 12.8 Å². The topological polar surface area (TPSA) is 35.5 Å². The van der Waals surface area contributed by atoms with Crippen molar-refractivity contribution in [2.24, 2.45) is 0 Å². The van der Waals surface area contributed by atoms with E-state index in [0.717, 1.165) is 32.0 Å². The maximum Gasteiger partial charge on any atom is 0.161 e. The van der Waals surface area contributed by atoms with Gasteiger partial charge in [-0.1, -0.05) is 0 Å². The van der Waals surface area contributed by atoms with Gasteiger partial charge < -0.3 is 15.3 Å². The summed E-state index contributed by atoms with van der Waals surface area (Å²) in [6.07, 6.45) is 1.57. The first-order chi connectivity index (χ1) is 9.06. The van der Waals surface area contributed by atoms with Gasteiger partial charge in [0.1, 0.15) is 5.82 Å². The Hall–Kier alpha value is -1.27. The van der Waals surface area contributed by atoms with E-state index in [1.807, 2.05) is 0 Å². The molecule has 19 heavy (non-hydrogen) atoms. The molecule has 0 bridgehead atoms. The molecule has 0 spiro atoms. The summed E-state index contributed by atoms with van der Waals surface area (Å²) < 4.78 is 39.0. The lowest BCUT2D eigenvalue weighted by Crippen LogP contribution is -2.34. The van der Waals surface area contributed by atoms with E-state index in [1.165, 1.54) is 0 Å². The highest BCUT2D eigenvalue weighted by Gasteiger charge is 2.16. The van der Waals surface area contributed by atoms with Crippen molar-refractivity contribution < 1.29 is 18.3 Å². The van der Waals surface area contributed by atoms with Crippen molar-refractivity contribution in [1.29, 1.82) is 0 Å². The Morgan fingerprint density at radius 2 is 1.74 bits per heavy atom. The van der Waals surface area contributed by atoms with Crippen molar-refractivity contribution in [2.45, 2.75) is 18.9 Å². The molecular weight excluding hydrogens is 257 g/mol. The van der Waals surface area contributed by atoms with Crippen LogP contribution in [-0.4, -0.2) is 42.3 Å². The fourth-order valence-electron chi connectivity index (χ4n) is 2.21. The van der Waals surface area contributed by atoms with E-state index < -0.39 is 23.6 Å². The Morgan fingerprint density at radius 1 is 1.11 bits per heavy atom. The van der Waals surface area contributed by atoms with E-state index in [1.54, 1.807) is 0 Å². The van der Waals surface area contributed by atoms with E-state index >= 15 is 0 Å². The summed E-state index contributed by atoms with van der Waals surface area (Å²) in [7, 11) is 0. The minimum Gasteiger partial charge on any atom is -0.390 e. The molecule has 1 saturated heterocycles. The third kappa shape index (κ3) is 3.84. The highest BCUT2D eigenvalue weighted by molar-refractivity contribution is 5.45. The molecular formula is C13H17F3N2O.